The van der Waals surface area contributed by atoms with Gasteiger partial charge in [0.15, 0.2) is 0 Å². The van der Waals surface area contributed by atoms with Crippen molar-refractivity contribution in [3.8, 4) is 0 Å². The first-order valence-corrected chi connectivity index (χ1v) is 6.95. The van der Waals surface area contributed by atoms with Gasteiger partial charge < -0.3 is 9.88 Å². The number of likely N-dealkylation sites (N-methyl/N-ethyl adjacent to an activating group) is 1. The molecule has 2 aromatic rings. The van der Waals surface area contributed by atoms with Gasteiger partial charge in [0.25, 0.3) is 0 Å². The summed E-state index contributed by atoms with van der Waals surface area (Å²) in [5.41, 5.74) is 2.50. The average molecular weight is 278 g/mol. The van der Waals surface area contributed by atoms with Gasteiger partial charge in [-0.3, -0.25) is 0 Å². The van der Waals surface area contributed by atoms with Gasteiger partial charge in [-0.25, -0.2) is 4.98 Å². The molecule has 1 atom stereocenters. The summed E-state index contributed by atoms with van der Waals surface area (Å²) in [5, 5.41) is 4.31. The van der Waals surface area contributed by atoms with Gasteiger partial charge in [0, 0.05) is 36.9 Å². The highest BCUT2D eigenvalue weighted by Crippen LogP contribution is 2.24. The number of aryl methyl sites for hydroxylation is 2. The number of rotatable bonds is 5. The van der Waals surface area contributed by atoms with E-state index in [2.05, 4.69) is 34.8 Å². The van der Waals surface area contributed by atoms with E-state index in [1.54, 1.807) is 0 Å². The first-order valence-electron chi connectivity index (χ1n) is 6.57. The molecule has 102 valence electrons. The molecule has 1 heterocycles. The lowest BCUT2D eigenvalue weighted by atomic mass is 9.98. The van der Waals surface area contributed by atoms with Crippen molar-refractivity contribution in [3.63, 3.8) is 0 Å². The SMILES string of the molecule is CCNC(Cc1nccn1C)c1ccc(Cl)cc1C. The molecule has 1 unspecified atom stereocenters. The van der Waals surface area contributed by atoms with Crippen LogP contribution in [-0.2, 0) is 13.5 Å². The third-order valence-corrected chi connectivity index (χ3v) is 3.60. The maximum atomic E-state index is 6.03. The minimum atomic E-state index is 0.267. The zero-order valence-electron chi connectivity index (χ0n) is 11.7. The van der Waals surface area contributed by atoms with Crippen LogP contribution in [0.3, 0.4) is 0 Å². The third kappa shape index (κ3) is 3.37. The lowest BCUT2D eigenvalue weighted by molar-refractivity contribution is 0.527. The molecule has 0 radical (unpaired) electrons. The Kier molecular flexibility index (Phi) is 4.61. The van der Waals surface area contributed by atoms with Crippen molar-refractivity contribution in [3.05, 3.63) is 52.6 Å². The summed E-state index contributed by atoms with van der Waals surface area (Å²) in [5.74, 6) is 1.08. The van der Waals surface area contributed by atoms with Gasteiger partial charge in [0.2, 0.25) is 0 Å². The van der Waals surface area contributed by atoms with Crippen LogP contribution in [0.2, 0.25) is 5.02 Å². The average Bonchev–Trinajstić information content (AvgIpc) is 2.75. The third-order valence-electron chi connectivity index (χ3n) is 3.37. The molecule has 0 bridgehead atoms. The smallest absolute Gasteiger partial charge is 0.110 e. The predicted octanol–water partition coefficient (Wildman–Crippen LogP) is 3.28. The Labute approximate surface area is 119 Å². The van der Waals surface area contributed by atoms with E-state index in [0.717, 1.165) is 23.8 Å². The molecule has 2 rings (SSSR count). The van der Waals surface area contributed by atoms with E-state index in [1.165, 1.54) is 11.1 Å². The molecule has 1 aromatic carbocycles. The lowest BCUT2D eigenvalue weighted by Gasteiger charge is -2.20. The van der Waals surface area contributed by atoms with Gasteiger partial charge in [0.05, 0.1) is 0 Å². The molecular formula is C15H20ClN3. The normalized spacial score (nSPS) is 12.6. The van der Waals surface area contributed by atoms with Crippen LogP contribution in [0.25, 0.3) is 0 Å². The largest absolute Gasteiger partial charge is 0.338 e. The Hall–Kier alpha value is -1.32. The zero-order chi connectivity index (χ0) is 13.8. The molecule has 0 saturated carbocycles. The van der Waals surface area contributed by atoms with Crippen LogP contribution in [0.1, 0.15) is 29.9 Å². The van der Waals surface area contributed by atoms with E-state index in [1.807, 2.05) is 31.6 Å². The van der Waals surface area contributed by atoms with Crippen LogP contribution in [0, 0.1) is 6.92 Å². The van der Waals surface area contributed by atoms with Crippen LogP contribution < -0.4 is 5.32 Å². The molecule has 0 aliphatic rings. The number of halogens is 1. The maximum Gasteiger partial charge on any atom is 0.110 e. The number of benzene rings is 1. The Balaban J connectivity index is 2.27. The molecule has 19 heavy (non-hydrogen) atoms. The first kappa shape index (κ1) is 14.1. The Morgan fingerprint density at radius 2 is 2.21 bits per heavy atom. The predicted molar refractivity (Wildman–Crippen MR) is 79.5 cm³/mol. The fourth-order valence-corrected chi connectivity index (χ4v) is 2.57. The quantitative estimate of drug-likeness (QED) is 0.909. The molecular weight excluding hydrogens is 258 g/mol. The fourth-order valence-electron chi connectivity index (χ4n) is 2.34. The van der Waals surface area contributed by atoms with Crippen LogP contribution in [0.5, 0.6) is 0 Å². The highest BCUT2D eigenvalue weighted by Gasteiger charge is 2.15. The van der Waals surface area contributed by atoms with E-state index in [0.29, 0.717) is 0 Å². The van der Waals surface area contributed by atoms with Crippen molar-refractivity contribution >= 4 is 11.6 Å². The molecule has 0 saturated heterocycles. The molecule has 1 N–H and O–H groups in total. The van der Waals surface area contributed by atoms with Crippen molar-refractivity contribution in [2.45, 2.75) is 26.3 Å². The van der Waals surface area contributed by atoms with E-state index < -0.39 is 0 Å². The number of hydrogen-bond acceptors (Lipinski definition) is 2. The minimum absolute atomic E-state index is 0.267. The van der Waals surface area contributed by atoms with Gasteiger partial charge >= 0.3 is 0 Å². The number of imidazole rings is 1. The number of aromatic nitrogens is 2. The van der Waals surface area contributed by atoms with Crippen LogP contribution >= 0.6 is 11.6 Å². The van der Waals surface area contributed by atoms with Crippen LogP contribution in [0.4, 0.5) is 0 Å². The van der Waals surface area contributed by atoms with Gasteiger partial charge in [-0.05, 0) is 36.7 Å². The summed E-state index contributed by atoms with van der Waals surface area (Å²) < 4.78 is 2.07. The number of hydrogen-bond donors (Lipinski definition) is 1. The van der Waals surface area contributed by atoms with Crippen LogP contribution in [-0.4, -0.2) is 16.1 Å². The standard InChI is InChI=1S/C15H20ClN3/c1-4-17-14(10-15-18-7-8-19(15)3)13-6-5-12(16)9-11(13)2/h5-9,14,17H,4,10H2,1-3H3. The fraction of sp³-hybridized carbons (Fsp3) is 0.400. The summed E-state index contributed by atoms with van der Waals surface area (Å²) >= 11 is 6.03. The van der Waals surface area contributed by atoms with E-state index in [9.17, 15) is 0 Å². The van der Waals surface area contributed by atoms with E-state index in [4.69, 9.17) is 11.6 Å². The molecule has 4 heteroatoms. The Morgan fingerprint density at radius 3 is 2.79 bits per heavy atom. The van der Waals surface area contributed by atoms with Gasteiger partial charge in [-0.1, -0.05) is 24.6 Å². The lowest BCUT2D eigenvalue weighted by Crippen LogP contribution is -2.24. The summed E-state index contributed by atoms with van der Waals surface area (Å²) in [4.78, 5) is 4.41. The summed E-state index contributed by atoms with van der Waals surface area (Å²) in [7, 11) is 2.03. The van der Waals surface area contributed by atoms with Gasteiger partial charge in [-0.15, -0.1) is 0 Å². The topological polar surface area (TPSA) is 29.9 Å². The van der Waals surface area contributed by atoms with E-state index >= 15 is 0 Å². The maximum absolute atomic E-state index is 6.03. The molecule has 3 nitrogen and oxygen atoms in total. The van der Waals surface area contributed by atoms with Crippen molar-refractivity contribution in [2.75, 3.05) is 6.54 Å². The first-order chi connectivity index (χ1) is 9.11. The second-order valence-electron chi connectivity index (χ2n) is 4.77. The zero-order valence-corrected chi connectivity index (χ0v) is 12.4. The molecule has 0 spiro atoms. The molecule has 0 amide bonds. The number of nitrogens with one attached hydrogen (secondary N) is 1. The van der Waals surface area contributed by atoms with Crippen molar-refractivity contribution in [1.29, 1.82) is 0 Å². The summed E-state index contributed by atoms with van der Waals surface area (Å²) in [6.07, 6.45) is 4.69. The van der Waals surface area contributed by atoms with E-state index in [-0.39, 0.29) is 6.04 Å². The second kappa shape index (κ2) is 6.22. The Morgan fingerprint density at radius 1 is 1.42 bits per heavy atom. The van der Waals surface area contributed by atoms with Crippen molar-refractivity contribution in [1.82, 2.24) is 14.9 Å². The monoisotopic (exact) mass is 277 g/mol. The molecule has 0 fully saturated rings. The molecule has 0 aliphatic carbocycles. The number of nitrogens with zero attached hydrogens (tertiary/aromatic N) is 2. The minimum Gasteiger partial charge on any atom is -0.338 e. The van der Waals surface area contributed by atoms with Crippen LogP contribution in [0.15, 0.2) is 30.6 Å². The highest BCUT2D eigenvalue weighted by molar-refractivity contribution is 6.30. The second-order valence-corrected chi connectivity index (χ2v) is 5.21. The highest BCUT2D eigenvalue weighted by atomic mass is 35.5. The van der Waals surface area contributed by atoms with Crippen molar-refractivity contribution < 1.29 is 0 Å². The van der Waals surface area contributed by atoms with Crippen molar-refractivity contribution in [2.24, 2.45) is 7.05 Å². The summed E-state index contributed by atoms with van der Waals surface area (Å²) in [6.45, 7) is 5.15. The van der Waals surface area contributed by atoms with Gasteiger partial charge in [-0.2, -0.15) is 0 Å². The molecule has 0 aliphatic heterocycles. The van der Waals surface area contributed by atoms with Gasteiger partial charge in [0.1, 0.15) is 5.82 Å². The molecule has 1 aromatic heterocycles. The summed E-state index contributed by atoms with van der Waals surface area (Å²) in [6, 6.07) is 6.34. The Bertz CT molecular complexity index is 548.